The zero-order chi connectivity index (χ0) is 12.4. The zero-order valence-corrected chi connectivity index (χ0v) is 11.9. The number of hydrogen-bond acceptors (Lipinski definition) is 3. The molecule has 94 valence electrons. The van der Waals surface area contributed by atoms with Crippen molar-refractivity contribution in [1.29, 1.82) is 0 Å². The SMILES string of the molecule is CC=CC(=O)OCCCCCO[Si](C)(C)C. The Balaban J connectivity index is 3.25. The van der Waals surface area contributed by atoms with Crippen LogP contribution in [0.25, 0.3) is 0 Å². The first-order valence-corrected chi connectivity index (χ1v) is 9.30. The number of carbonyl (C=O) groups excluding carboxylic acids is 1. The van der Waals surface area contributed by atoms with E-state index < -0.39 is 8.32 Å². The molecule has 0 atom stereocenters. The summed E-state index contributed by atoms with van der Waals surface area (Å²) in [6.07, 6.45) is 6.13. The Kier molecular flexibility index (Phi) is 8.20. The number of ether oxygens (including phenoxy) is 1. The minimum Gasteiger partial charge on any atom is -0.463 e. The third-order valence-corrected chi connectivity index (χ3v) is 2.94. The normalized spacial score (nSPS) is 12.0. The van der Waals surface area contributed by atoms with Crippen LogP contribution in [0, 0.1) is 0 Å². The fourth-order valence-electron chi connectivity index (χ4n) is 1.12. The molecule has 0 heterocycles. The quantitative estimate of drug-likeness (QED) is 0.285. The van der Waals surface area contributed by atoms with Gasteiger partial charge in [-0.3, -0.25) is 0 Å². The van der Waals surface area contributed by atoms with E-state index in [0.29, 0.717) is 6.61 Å². The molecular formula is C12H24O3Si. The highest BCUT2D eigenvalue weighted by Crippen LogP contribution is 2.05. The minimum absolute atomic E-state index is 0.249. The number of unbranched alkanes of at least 4 members (excludes halogenated alkanes) is 2. The minimum atomic E-state index is -1.35. The molecular weight excluding hydrogens is 220 g/mol. The number of carbonyl (C=O) groups is 1. The smallest absolute Gasteiger partial charge is 0.330 e. The average Bonchev–Trinajstić information content (AvgIpc) is 2.15. The molecule has 0 rings (SSSR count). The lowest BCUT2D eigenvalue weighted by atomic mass is 10.2. The second kappa shape index (κ2) is 8.53. The highest BCUT2D eigenvalue weighted by atomic mass is 28.4. The predicted octanol–water partition coefficient (Wildman–Crippen LogP) is 3.13. The summed E-state index contributed by atoms with van der Waals surface area (Å²) in [5, 5.41) is 0. The standard InChI is InChI=1S/C12H24O3Si/c1-5-9-12(13)14-10-7-6-8-11-15-16(2,3)4/h5,9H,6-8,10-11H2,1-4H3. The highest BCUT2D eigenvalue weighted by Gasteiger charge is 2.12. The van der Waals surface area contributed by atoms with E-state index in [1.54, 1.807) is 13.0 Å². The summed E-state index contributed by atoms with van der Waals surface area (Å²) in [6, 6.07) is 0. The van der Waals surface area contributed by atoms with Gasteiger partial charge in [-0.15, -0.1) is 0 Å². The molecule has 0 saturated carbocycles. The maximum atomic E-state index is 10.9. The molecule has 0 radical (unpaired) electrons. The predicted molar refractivity (Wildman–Crippen MR) is 68.9 cm³/mol. The van der Waals surface area contributed by atoms with Crippen LogP contribution in [-0.2, 0) is 14.0 Å². The van der Waals surface area contributed by atoms with Gasteiger partial charge in [0.2, 0.25) is 0 Å². The van der Waals surface area contributed by atoms with E-state index in [0.717, 1.165) is 25.9 Å². The first kappa shape index (κ1) is 15.4. The van der Waals surface area contributed by atoms with Crippen molar-refractivity contribution >= 4 is 14.3 Å². The largest absolute Gasteiger partial charge is 0.463 e. The van der Waals surface area contributed by atoms with E-state index in [1.807, 2.05) is 0 Å². The molecule has 0 amide bonds. The van der Waals surface area contributed by atoms with Gasteiger partial charge in [-0.1, -0.05) is 6.08 Å². The molecule has 0 spiro atoms. The van der Waals surface area contributed by atoms with E-state index in [4.69, 9.17) is 9.16 Å². The Morgan fingerprint density at radius 3 is 2.31 bits per heavy atom. The molecule has 0 aliphatic rings. The van der Waals surface area contributed by atoms with Crippen molar-refractivity contribution in [3.8, 4) is 0 Å². The van der Waals surface area contributed by atoms with Gasteiger partial charge in [-0.25, -0.2) is 4.79 Å². The Morgan fingerprint density at radius 2 is 1.75 bits per heavy atom. The van der Waals surface area contributed by atoms with E-state index in [1.165, 1.54) is 6.08 Å². The fraction of sp³-hybridized carbons (Fsp3) is 0.750. The number of allylic oxidation sites excluding steroid dienone is 1. The summed E-state index contributed by atoms with van der Waals surface area (Å²) in [5.74, 6) is -0.249. The first-order chi connectivity index (χ1) is 7.45. The van der Waals surface area contributed by atoms with Crippen molar-refractivity contribution in [2.24, 2.45) is 0 Å². The summed E-state index contributed by atoms with van der Waals surface area (Å²) in [5.41, 5.74) is 0. The Labute approximate surface area is 100.0 Å². The second-order valence-corrected chi connectivity index (χ2v) is 9.20. The summed E-state index contributed by atoms with van der Waals surface area (Å²) in [6.45, 7) is 9.70. The van der Waals surface area contributed by atoms with E-state index in [-0.39, 0.29) is 5.97 Å². The molecule has 0 N–H and O–H groups in total. The van der Waals surface area contributed by atoms with Gasteiger partial charge in [0.05, 0.1) is 6.61 Å². The van der Waals surface area contributed by atoms with Gasteiger partial charge in [0.25, 0.3) is 0 Å². The maximum absolute atomic E-state index is 10.9. The van der Waals surface area contributed by atoms with Crippen LogP contribution < -0.4 is 0 Å². The molecule has 16 heavy (non-hydrogen) atoms. The molecule has 0 aromatic carbocycles. The molecule has 0 aromatic rings. The summed E-state index contributed by atoms with van der Waals surface area (Å²) in [4.78, 5) is 10.9. The molecule has 0 aliphatic carbocycles. The number of hydrogen-bond donors (Lipinski definition) is 0. The van der Waals surface area contributed by atoms with Crippen LogP contribution in [0.4, 0.5) is 0 Å². The van der Waals surface area contributed by atoms with Gasteiger partial charge in [0.15, 0.2) is 8.32 Å². The summed E-state index contributed by atoms with van der Waals surface area (Å²) < 4.78 is 10.7. The van der Waals surface area contributed by atoms with Crippen molar-refractivity contribution < 1.29 is 14.0 Å². The summed E-state index contributed by atoms with van der Waals surface area (Å²) >= 11 is 0. The van der Waals surface area contributed by atoms with Crippen molar-refractivity contribution in [2.75, 3.05) is 13.2 Å². The van der Waals surface area contributed by atoms with Gasteiger partial charge in [-0.05, 0) is 45.8 Å². The monoisotopic (exact) mass is 244 g/mol. The highest BCUT2D eigenvalue weighted by molar-refractivity contribution is 6.69. The second-order valence-electron chi connectivity index (χ2n) is 4.69. The van der Waals surface area contributed by atoms with Crippen LogP contribution in [0.15, 0.2) is 12.2 Å². The van der Waals surface area contributed by atoms with E-state index in [2.05, 4.69) is 19.6 Å². The van der Waals surface area contributed by atoms with Crippen LogP contribution in [0.5, 0.6) is 0 Å². The van der Waals surface area contributed by atoms with E-state index >= 15 is 0 Å². The third-order valence-electron chi connectivity index (χ3n) is 1.87. The summed E-state index contributed by atoms with van der Waals surface area (Å²) in [7, 11) is -1.35. The van der Waals surface area contributed by atoms with Gasteiger partial charge in [0, 0.05) is 12.7 Å². The molecule has 0 aliphatic heterocycles. The van der Waals surface area contributed by atoms with Crippen molar-refractivity contribution in [2.45, 2.75) is 45.8 Å². The van der Waals surface area contributed by atoms with Crippen LogP contribution in [-0.4, -0.2) is 27.5 Å². The van der Waals surface area contributed by atoms with Crippen LogP contribution >= 0.6 is 0 Å². The first-order valence-electron chi connectivity index (χ1n) is 5.89. The van der Waals surface area contributed by atoms with E-state index in [9.17, 15) is 4.79 Å². The molecule has 0 fully saturated rings. The molecule has 4 heteroatoms. The van der Waals surface area contributed by atoms with Gasteiger partial charge in [0.1, 0.15) is 0 Å². The van der Waals surface area contributed by atoms with Crippen molar-refractivity contribution in [3.63, 3.8) is 0 Å². The third kappa shape index (κ3) is 11.5. The molecule has 0 bridgehead atoms. The van der Waals surface area contributed by atoms with Gasteiger partial charge >= 0.3 is 5.97 Å². The molecule has 0 saturated heterocycles. The molecule has 3 nitrogen and oxygen atoms in total. The van der Waals surface area contributed by atoms with Crippen LogP contribution in [0.3, 0.4) is 0 Å². The molecule has 0 unspecified atom stereocenters. The van der Waals surface area contributed by atoms with Crippen molar-refractivity contribution in [3.05, 3.63) is 12.2 Å². The lowest BCUT2D eigenvalue weighted by Gasteiger charge is -2.16. The average molecular weight is 244 g/mol. The van der Waals surface area contributed by atoms with Gasteiger partial charge in [-0.2, -0.15) is 0 Å². The van der Waals surface area contributed by atoms with Crippen LogP contribution in [0.2, 0.25) is 19.6 Å². The Morgan fingerprint density at radius 1 is 1.12 bits per heavy atom. The number of rotatable bonds is 8. The van der Waals surface area contributed by atoms with Gasteiger partial charge < -0.3 is 9.16 Å². The maximum Gasteiger partial charge on any atom is 0.330 e. The molecule has 0 aromatic heterocycles. The Hall–Kier alpha value is -0.613. The zero-order valence-electron chi connectivity index (χ0n) is 10.9. The lowest BCUT2D eigenvalue weighted by molar-refractivity contribution is -0.137. The van der Waals surface area contributed by atoms with Crippen molar-refractivity contribution in [1.82, 2.24) is 0 Å². The Bertz CT molecular complexity index is 219. The lowest BCUT2D eigenvalue weighted by Crippen LogP contribution is -2.25. The topological polar surface area (TPSA) is 35.5 Å². The number of esters is 1. The van der Waals surface area contributed by atoms with Crippen LogP contribution in [0.1, 0.15) is 26.2 Å². The fourth-order valence-corrected chi connectivity index (χ4v) is 1.87.